The fraction of sp³-hybridized carbons (Fsp3) is 0.533. The van der Waals surface area contributed by atoms with Gasteiger partial charge in [0.15, 0.2) is 6.61 Å². The molecule has 0 aliphatic rings. The quantitative estimate of drug-likeness (QED) is 0.825. The van der Waals surface area contributed by atoms with Gasteiger partial charge in [-0.05, 0) is 37.1 Å². The number of nitrogens with one attached hydrogen (secondary N) is 1. The van der Waals surface area contributed by atoms with Crippen LogP contribution in [0.1, 0.15) is 20.8 Å². The van der Waals surface area contributed by atoms with Crippen LogP contribution in [0.5, 0.6) is 5.75 Å². The minimum absolute atomic E-state index is 0.0711. The third-order valence-electron chi connectivity index (χ3n) is 3.46. The van der Waals surface area contributed by atoms with Crippen LogP contribution in [-0.4, -0.2) is 40.3 Å². The van der Waals surface area contributed by atoms with Gasteiger partial charge < -0.3 is 10.1 Å². The first kappa shape index (κ1) is 18.3. The summed E-state index contributed by atoms with van der Waals surface area (Å²) in [7, 11) is -1.81. The summed E-state index contributed by atoms with van der Waals surface area (Å²) in [5, 5.41) is 2.85. The first-order valence-corrected chi connectivity index (χ1v) is 8.92. The molecule has 0 aliphatic carbocycles. The van der Waals surface area contributed by atoms with Gasteiger partial charge in [-0.3, -0.25) is 9.10 Å². The third-order valence-corrected chi connectivity index (χ3v) is 4.66. The normalized spacial score (nSPS) is 12.8. The van der Waals surface area contributed by atoms with Crippen LogP contribution in [0.4, 0.5) is 5.69 Å². The summed E-state index contributed by atoms with van der Waals surface area (Å²) in [4.78, 5) is 11.7. The summed E-state index contributed by atoms with van der Waals surface area (Å²) >= 11 is 0. The van der Waals surface area contributed by atoms with Gasteiger partial charge in [0.1, 0.15) is 5.75 Å². The Kier molecular flexibility index (Phi) is 6.22. The molecule has 0 saturated carbocycles. The topological polar surface area (TPSA) is 75.7 Å². The second kappa shape index (κ2) is 7.49. The van der Waals surface area contributed by atoms with Gasteiger partial charge in [0, 0.05) is 13.1 Å². The van der Waals surface area contributed by atoms with E-state index in [9.17, 15) is 13.2 Å². The lowest BCUT2D eigenvalue weighted by molar-refractivity contribution is -0.124. The van der Waals surface area contributed by atoms with Gasteiger partial charge in [0.25, 0.3) is 5.91 Å². The van der Waals surface area contributed by atoms with Crippen LogP contribution in [-0.2, 0) is 14.8 Å². The lowest BCUT2D eigenvalue weighted by atomic mass is 10.1. The zero-order chi connectivity index (χ0) is 16.9. The maximum absolute atomic E-state index is 11.7. The fourth-order valence-electron chi connectivity index (χ4n) is 1.55. The van der Waals surface area contributed by atoms with Crippen LogP contribution in [0, 0.1) is 5.92 Å². The molecule has 1 aromatic carbocycles. The van der Waals surface area contributed by atoms with Gasteiger partial charge in [0.05, 0.1) is 11.9 Å². The van der Waals surface area contributed by atoms with Crippen molar-refractivity contribution in [3.63, 3.8) is 0 Å². The van der Waals surface area contributed by atoms with Crippen molar-refractivity contribution in [1.29, 1.82) is 0 Å². The summed E-state index contributed by atoms with van der Waals surface area (Å²) in [6.07, 6.45) is 1.14. The molecular formula is C15H24N2O4S. The molecule has 7 heteroatoms. The monoisotopic (exact) mass is 328 g/mol. The minimum Gasteiger partial charge on any atom is -0.484 e. The second-order valence-corrected chi connectivity index (χ2v) is 7.63. The molecule has 0 aliphatic heterocycles. The maximum Gasteiger partial charge on any atom is 0.258 e. The van der Waals surface area contributed by atoms with Gasteiger partial charge in [0.2, 0.25) is 10.0 Å². The molecule has 1 rings (SSSR count). The zero-order valence-electron chi connectivity index (χ0n) is 13.7. The largest absolute Gasteiger partial charge is 0.484 e. The molecule has 0 bridgehead atoms. The Hall–Kier alpha value is -1.76. The molecule has 1 unspecified atom stereocenters. The van der Waals surface area contributed by atoms with E-state index in [1.54, 1.807) is 24.3 Å². The predicted octanol–water partition coefficient (Wildman–Crippen LogP) is 1.62. The summed E-state index contributed by atoms with van der Waals surface area (Å²) in [5.74, 6) is 0.686. The molecule has 0 saturated heterocycles. The van der Waals surface area contributed by atoms with Crippen LogP contribution < -0.4 is 14.4 Å². The van der Waals surface area contributed by atoms with E-state index in [2.05, 4.69) is 5.32 Å². The van der Waals surface area contributed by atoms with Crippen molar-refractivity contribution in [3.05, 3.63) is 24.3 Å². The standard InChI is InChI=1S/C15H24N2O4S/c1-11(2)12(3)16-15(18)10-21-14-8-6-13(7-9-14)17(4)22(5,19)20/h6-9,11-12H,10H2,1-5H3,(H,16,18). The molecule has 0 heterocycles. The van der Waals surface area contributed by atoms with E-state index in [1.165, 1.54) is 11.4 Å². The van der Waals surface area contributed by atoms with Crippen molar-refractivity contribution in [2.24, 2.45) is 5.92 Å². The fourth-order valence-corrected chi connectivity index (χ4v) is 2.06. The third kappa shape index (κ3) is 5.55. The summed E-state index contributed by atoms with van der Waals surface area (Å²) in [6, 6.07) is 6.62. The number of amides is 1. The Balaban J connectivity index is 2.57. The van der Waals surface area contributed by atoms with Gasteiger partial charge in [-0.1, -0.05) is 13.8 Å². The molecule has 1 atom stereocenters. The Bertz CT molecular complexity index is 596. The number of hydrogen-bond donors (Lipinski definition) is 1. The first-order valence-electron chi connectivity index (χ1n) is 7.07. The Morgan fingerprint density at radius 1 is 1.23 bits per heavy atom. The number of carbonyl (C=O) groups excluding carboxylic acids is 1. The number of nitrogens with zero attached hydrogens (tertiary/aromatic N) is 1. The lowest BCUT2D eigenvalue weighted by Crippen LogP contribution is -2.38. The van der Waals surface area contributed by atoms with Crippen molar-refractivity contribution in [2.75, 3.05) is 24.2 Å². The first-order chi connectivity index (χ1) is 10.1. The minimum atomic E-state index is -3.29. The van der Waals surface area contributed by atoms with Crippen LogP contribution >= 0.6 is 0 Å². The maximum atomic E-state index is 11.7. The Morgan fingerprint density at radius 2 is 1.77 bits per heavy atom. The van der Waals surface area contributed by atoms with Crippen molar-refractivity contribution in [1.82, 2.24) is 5.32 Å². The summed E-state index contributed by atoms with van der Waals surface area (Å²) in [5.41, 5.74) is 0.535. The average molecular weight is 328 g/mol. The molecule has 1 amide bonds. The second-order valence-electron chi connectivity index (χ2n) is 5.61. The number of sulfonamides is 1. The molecule has 6 nitrogen and oxygen atoms in total. The van der Waals surface area contributed by atoms with E-state index < -0.39 is 10.0 Å². The predicted molar refractivity (Wildman–Crippen MR) is 87.6 cm³/mol. The van der Waals surface area contributed by atoms with Gasteiger partial charge in [-0.2, -0.15) is 0 Å². The summed E-state index contributed by atoms with van der Waals surface area (Å²) in [6.45, 7) is 5.93. The molecule has 22 heavy (non-hydrogen) atoms. The molecular weight excluding hydrogens is 304 g/mol. The van der Waals surface area contributed by atoms with Crippen LogP contribution in [0.2, 0.25) is 0 Å². The Morgan fingerprint density at radius 3 is 2.23 bits per heavy atom. The molecule has 1 aromatic rings. The summed E-state index contributed by atoms with van der Waals surface area (Å²) < 4.78 is 29.4. The SMILES string of the molecule is CC(C)C(C)NC(=O)COc1ccc(N(C)S(C)(=O)=O)cc1. The van der Waals surface area contributed by atoms with Gasteiger partial charge in [-0.15, -0.1) is 0 Å². The highest BCUT2D eigenvalue weighted by Crippen LogP contribution is 2.20. The Labute approximate surface area is 132 Å². The van der Waals surface area contributed by atoms with E-state index in [0.29, 0.717) is 17.4 Å². The number of ether oxygens (including phenoxy) is 1. The van der Waals surface area contributed by atoms with Crippen LogP contribution in [0.25, 0.3) is 0 Å². The number of carbonyl (C=O) groups is 1. The number of benzene rings is 1. The number of hydrogen-bond acceptors (Lipinski definition) is 4. The highest BCUT2D eigenvalue weighted by atomic mass is 32.2. The highest BCUT2D eigenvalue weighted by molar-refractivity contribution is 7.92. The number of anilines is 1. The molecule has 0 spiro atoms. The van der Waals surface area contributed by atoms with E-state index in [0.717, 1.165) is 6.26 Å². The number of rotatable bonds is 7. The zero-order valence-corrected chi connectivity index (χ0v) is 14.5. The molecule has 0 fully saturated rings. The van der Waals surface area contributed by atoms with E-state index in [1.807, 2.05) is 20.8 Å². The molecule has 124 valence electrons. The van der Waals surface area contributed by atoms with Gasteiger partial charge in [-0.25, -0.2) is 8.42 Å². The van der Waals surface area contributed by atoms with Crippen molar-refractivity contribution >= 4 is 21.6 Å². The van der Waals surface area contributed by atoms with Crippen LogP contribution in [0.3, 0.4) is 0 Å². The molecule has 0 radical (unpaired) electrons. The van der Waals surface area contributed by atoms with Crippen molar-refractivity contribution < 1.29 is 17.9 Å². The lowest BCUT2D eigenvalue weighted by Gasteiger charge is -2.18. The average Bonchev–Trinajstić information content (AvgIpc) is 2.43. The van der Waals surface area contributed by atoms with Crippen molar-refractivity contribution in [2.45, 2.75) is 26.8 Å². The highest BCUT2D eigenvalue weighted by Gasteiger charge is 2.13. The van der Waals surface area contributed by atoms with E-state index in [4.69, 9.17) is 4.74 Å². The van der Waals surface area contributed by atoms with Crippen LogP contribution in [0.15, 0.2) is 24.3 Å². The molecule has 0 aromatic heterocycles. The molecule has 1 N–H and O–H groups in total. The van der Waals surface area contributed by atoms with E-state index in [-0.39, 0.29) is 18.6 Å². The van der Waals surface area contributed by atoms with E-state index >= 15 is 0 Å². The smallest absolute Gasteiger partial charge is 0.258 e. The van der Waals surface area contributed by atoms with Gasteiger partial charge >= 0.3 is 0 Å². The van der Waals surface area contributed by atoms with Crippen molar-refractivity contribution in [3.8, 4) is 5.75 Å².